The summed E-state index contributed by atoms with van der Waals surface area (Å²) in [4.78, 5) is 22.9. The SMILES string of the molecule is N#Cc1ccc(O)c(C(=O)O)c1.N#Cc1ccc(OCc2ccccc2)c(C(=O)OCc2ccccc2)c1. The highest BCUT2D eigenvalue weighted by Gasteiger charge is 2.16. The maximum atomic E-state index is 12.5. The molecule has 8 nitrogen and oxygen atoms in total. The van der Waals surface area contributed by atoms with Crippen molar-refractivity contribution in [2.45, 2.75) is 13.2 Å². The summed E-state index contributed by atoms with van der Waals surface area (Å²) < 4.78 is 11.2. The Kier molecular flexibility index (Phi) is 9.58. The van der Waals surface area contributed by atoms with Crippen LogP contribution in [0.5, 0.6) is 11.5 Å². The number of carbonyl (C=O) groups excluding carboxylic acids is 1. The molecule has 0 saturated heterocycles. The minimum absolute atomic E-state index is 0.161. The van der Waals surface area contributed by atoms with Crippen molar-refractivity contribution in [1.82, 2.24) is 0 Å². The molecule has 38 heavy (non-hydrogen) atoms. The summed E-state index contributed by atoms with van der Waals surface area (Å²) in [7, 11) is 0. The van der Waals surface area contributed by atoms with E-state index in [4.69, 9.17) is 30.2 Å². The Morgan fingerprint density at radius 2 is 1.24 bits per heavy atom. The lowest BCUT2D eigenvalue weighted by atomic mass is 10.1. The summed E-state index contributed by atoms with van der Waals surface area (Å²) in [5.74, 6) is -1.70. The topological polar surface area (TPSA) is 141 Å². The minimum Gasteiger partial charge on any atom is -0.507 e. The van der Waals surface area contributed by atoms with Gasteiger partial charge in [-0.1, -0.05) is 60.7 Å². The van der Waals surface area contributed by atoms with Crippen LogP contribution >= 0.6 is 0 Å². The van der Waals surface area contributed by atoms with Crippen molar-refractivity contribution in [3.8, 4) is 23.6 Å². The quantitative estimate of drug-likeness (QED) is 0.315. The van der Waals surface area contributed by atoms with E-state index >= 15 is 0 Å². The molecule has 0 fully saturated rings. The molecular formula is C30H22N2O6. The van der Waals surface area contributed by atoms with E-state index in [0.29, 0.717) is 17.9 Å². The van der Waals surface area contributed by atoms with Gasteiger partial charge in [-0.3, -0.25) is 0 Å². The Morgan fingerprint density at radius 1 is 0.711 bits per heavy atom. The second-order valence-electron chi connectivity index (χ2n) is 7.81. The van der Waals surface area contributed by atoms with E-state index < -0.39 is 11.9 Å². The summed E-state index contributed by atoms with van der Waals surface area (Å²) in [6, 6.07) is 31.3. The van der Waals surface area contributed by atoms with Crippen molar-refractivity contribution in [3.63, 3.8) is 0 Å². The van der Waals surface area contributed by atoms with Gasteiger partial charge in [0, 0.05) is 0 Å². The van der Waals surface area contributed by atoms with E-state index in [9.17, 15) is 9.59 Å². The van der Waals surface area contributed by atoms with Crippen molar-refractivity contribution < 1.29 is 29.3 Å². The standard InChI is InChI=1S/C22H17NO3.C8H5NO3/c23-14-19-11-12-21(25-15-17-7-3-1-4-8-17)20(13-19)22(24)26-16-18-9-5-2-6-10-18;9-4-5-1-2-7(10)6(3-5)8(11)12/h1-13H,15-16H2;1-3,10H,(H,11,12). The normalized spacial score (nSPS) is 9.63. The molecule has 0 aliphatic carbocycles. The molecule has 188 valence electrons. The van der Waals surface area contributed by atoms with Gasteiger partial charge in [0.25, 0.3) is 0 Å². The maximum Gasteiger partial charge on any atom is 0.342 e. The molecule has 0 spiro atoms. The number of nitrogens with zero attached hydrogens (tertiary/aromatic N) is 2. The van der Waals surface area contributed by atoms with Gasteiger partial charge in [-0.2, -0.15) is 10.5 Å². The first-order valence-corrected chi connectivity index (χ1v) is 11.3. The monoisotopic (exact) mass is 506 g/mol. The van der Waals surface area contributed by atoms with Crippen molar-refractivity contribution >= 4 is 11.9 Å². The molecule has 0 bridgehead atoms. The molecule has 0 aliphatic rings. The molecule has 0 aliphatic heterocycles. The van der Waals surface area contributed by atoms with E-state index in [1.54, 1.807) is 18.2 Å². The first-order chi connectivity index (χ1) is 18.4. The van der Waals surface area contributed by atoms with Gasteiger partial charge in [-0.05, 0) is 47.5 Å². The Morgan fingerprint density at radius 3 is 1.79 bits per heavy atom. The number of carboxylic acids is 1. The Labute approximate surface area is 219 Å². The van der Waals surface area contributed by atoms with Crippen LogP contribution in [0.4, 0.5) is 0 Å². The van der Waals surface area contributed by atoms with Crippen molar-refractivity contribution in [2.24, 2.45) is 0 Å². The van der Waals surface area contributed by atoms with E-state index in [0.717, 1.165) is 17.2 Å². The number of aromatic hydroxyl groups is 1. The first-order valence-electron chi connectivity index (χ1n) is 11.3. The molecule has 0 amide bonds. The zero-order valence-corrected chi connectivity index (χ0v) is 20.1. The zero-order valence-electron chi connectivity index (χ0n) is 20.1. The number of rotatable bonds is 7. The number of benzene rings is 4. The molecule has 0 unspecified atom stereocenters. The van der Waals surface area contributed by atoms with Crippen LogP contribution in [0.2, 0.25) is 0 Å². The highest BCUT2D eigenvalue weighted by Crippen LogP contribution is 2.23. The predicted molar refractivity (Wildman–Crippen MR) is 137 cm³/mol. The Balaban J connectivity index is 0.000000279. The second-order valence-corrected chi connectivity index (χ2v) is 7.81. The predicted octanol–water partition coefficient (Wildman–Crippen LogP) is 5.46. The average Bonchev–Trinajstić information content (AvgIpc) is 2.96. The van der Waals surface area contributed by atoms with E-state index in [-0.39, 0.29) is 29.0 Å². The number of esters is 1. The van der Waals surface area contributed by atoms with Gasteiger partial charge < -0.3 is 19.7 Å². The van der Waals surface area contributed by atoms with Crippen molar-refractivity contribution in [2.75, 3.05) is 0 Å². The van der Waals surface area contributed by atoms with Crippen molar-refractivity contribution in [3.05, 3.63) is 130 Å². The van der Waals surface area contributed by atoms with Gasteiger partial charge in [0.05, 0.1) is 23.3 Å². The number of nitriles is 2. The van der Waals surface area contributed by atoms with Crippen LogP contribution in [0.1, 0.15) is 43.0 Å². The Hall–Kier alpha value is -5.60. The summed E-state index contributed by atoms with van der Waals surface area (Å²) in [6.45, 7) is 0.486. The molecular weight excluding hydrogens is 484 g/mol. The molecule has 2 N–H and O–H groups in total. The lowest BCUT2D eigenvalue weighted by molar-refractivity contribution is 0.0467. The van der Waals surface area contributed by atoms with Gasteiger partial charge in [0.15, 0.2) is 0 Å². The van der Waals surface area contributed by atoms with Crippen LogP contribution in [-0.4, -0.2) is 22.2 Å². The second kappa shape index (κ2) is 13.5. The summed E-state index contributed by atoms with van der Waals surface area (Å²) in [5.41, 5.74) is 2.46. The largest absolute Gasteiger partial charge is 0.507 e. The van der Waals surface area contributed by atoms with Crippen LogP contribution in [0.3, 0.4) is 0 Å². The van der Waals surface area contributed by atoms with E-state index in [1.165, 1.54) is 18.2 Å². The van der Waals surface area contributed by atoms with Crippen LogP contribution in [0.25, 0.3) is 0 Å². The van der Waals surface area contributed by atoms with E-state index in [2.05, 4.69) is 0 Å². The molecule has 0 atom stereocenters. The van der Waals surface area contributed by atoms with Crippen LogP contribution < -0.4 is 4.74 Å². The molecule has 4 aromatic carbocycles. The number of carboxylic acid groups (broad SMARTS) is 1. The average molecular weight is 507 g/mol. The van der Waals surface area contributed by atoms with Crippen LogP contribution in [0, 0.1) is 22.7 Å². The van der Waals surface area contributed by atoms with Gasteiger partial charge in [-0.15, -0.1) is 0 Å². The molecule has 0 saturated carbocycles. The molecule has 0 aromatic heterocycles. The van der Waals surface area contributed by atoms with Crippen LogP contribution in [-0.2, 0) is 18.0 Å². The highest BCUT2D eigenvalue weighted by molar-refractivity contribution is 5.93. The molecule has 0 heterocycles. The van der Waals surface area contributed by atoms with Gasteiger partial charge >= 0.3 is 11.9 Å². The highest BCUT2D eigenvalue weighted by atomic mass is 16.5. The number of ether oxygens (including phenoxy) is 2. The number of aromatic carboxylic acids is 1. The van der Waals surface area contributed by atoms with Gasteiger partial charge in [0.2, 0.25) is 0 Å². The maximum absolute atomic E-state index is 12.5. The van der Waals surface area contributed by atoms with E-state index in [1.807, 2.05) is 66.7 Å². The molecule has 4 rings (SSSR count). The molecule has 8 heteroatoms. The fourth-order valence-corrected chi connectivity index (χ4v) is 3.20. The summed E-state index contributed by atoms with van der Waals surface area (Å²) in [6.07, 6.45) is 0. The van der Waals surface area contributed by atoms with Gasteiger partial charge in [-0.25, -0.2) is 9.59 Å². The lowest BCUT2D eigenvalue weighted by Crippen LogP contribution is -2.09. The lowest BCUT2D eigenvalue weighted by Gasteiger charge is -2.12. The third kappa shape index (κ3) is 7.70. The summed E-state index contributed by atoms with van der Waals surface area (Å²) in [5, 5.41) is 35.0. The smallest absolute Gasteiger partial charge is 0.342 e. The minimum atomic E-state index is -1.25. The fourth-order valence-electron chi connectivity index (χ4n) is 3.20. The van der Waals surface area contributed by atoms with Crippen molar-refractivity contribution in [1.29, 1.82) is 10.5 Å². The molecule has 0 radical (unpaired) electrons. The number of hydrogen-bond acceptors (Lipinski definition) is 7. The first kappa shape index (κ1) is 27.0. The summed E-state index contributed by atoms with van der Waals surface area (Å²) >= 11 is 0. The third-order valence-corrected chi connectivity index (χ3v) is 5.13. The number of carbonyl (C=O) groups is 2. The molecule has 4 aromatic rings. The zero-order chi connectivity index (χ0) is 27.3. The Bertz CT molecular complexity index is 1490. The third-order valence-electron chi connectivity index (χ3n) is 5.13. The fraction of sp³-hybridized carbons (Fsp3) is 0.0667. The van der Waals surface area contributed by atoms with Gasteiger partial charge in [0.1, 0.15) is 35.8 Å². The number of phenols is 1. The van der Waals surface area contributed by atoms with Crippen LogP contribution in [0.15, 0.2) is 97.1 Å². The number of hydrogen-bond donors (Lipinski definition) is 2.